The van der Waals surface area contributed by atoms with Crippen LogP contribution in [0.25, 0.3) is 11.1 Å². The number of rotatable bonds is 4. The van der Waals surface area contributed by atoms with Crippen molar-refractivity contribution in [2.75, 3.05) is 0 Å². The third-order valence-electron chi connectivity index (χ3n) is 3.39. The van der Waals surface area contributed by atoms with Gasteiger partial charge < -0.3 is 10.2 Å². The van der Waals surface area contributed by atoms with E-state index in [0.717, 1.165) is 5.56 Å². The van der Waals surface area contributed by atoms with Crippen molar-refractivity contribution in [3.63, 3.8) is 0 Å². The number of carboxylic acid groups (broad SMARTS) is 2. The van der Waals surface area contributed by atoms with Gasteiger partial charge in [0, 0.05) is 0 Å². The Labute approximate surface area is 122 Å². The normalized spacial score (nSPS) is 10.6. The van der Waals surface area contributed by atoms with Crippen molar-refractivity contribution < 1.29 is 19.8 Å². The summed E-state index contributed by atoms with van der Waals surface area (Å²) in [6, 6.07) is 11.5. The summed E-state index contributed by atoms with van der Waals surface area (Å²) in [7, 11) is 0. The van der Waals surface area contributed by atoms with Crippen LogP contribution in [-0.4, -0.2) is 22.2 Å². The molecule has 0 fully saturated rings. The molecule has 0 amide bonds. The van der Waals surface area contributed by atoms with Gasteiger partial charge in [-0.25, -0.2) is 9.59 Å². The maximum absolute atomic E-state index is 11.3. The molecule has 0 aliphatic rings. The minimum atomic E-state index is -1.08. The van der Waals surface area contributed by atoms with E-state index >= 15 is 0 Å². The van der Waals surface area contributed by atoms with E-state index in [1.165, 1.54) is 18.2 Å². The Balaban J connectivity index is 2.56. The fraction of sp³-hybridized carbons (Fsp3) is 0.176. The van der Waals surface area contributed by atoms with Gasteiger partial charge in [-0.3, -0.25) is 0 Å². The molecule has 0 aliphatic carbocycles. The first-order valence-electron chi connectivity index (χ1n) is 6.61. The van der Waals surface area contributed by atoms with Gasteiger partial charge in [0.05, 0.1) is 11.1 Å². The number of carboxylic acids is 2. The zero-order chi connectivity index (χ0) is 15.6. The molecule has 2 aromatic carbocycles. The molecule has 0 aromatic heterocycles. The van der Waals surface area contributed by atoms with Gasteiger partial charge in [-0.1, -0.05) is 38.1 Å². The molecule has 108 valence electrons. The SMILES string of the molecule is CC(C)c1ccc(-c2cc(C(=O)O)ccc2C(=O)O)cc1. The summed E-state index contributed by atoms with van der Waals surface area (Å²) in [6.07, 6.45) is 0. The van der Waals surface area contributed by atoms with E-state index in [0.29, 0.717) is 17.0 Å². The van der Waals surface area contributed by atoms with Crippen LogP contribution in [0.1, 0.15) is 46.0 Å². The zero-order valence-corrected chi connectivity index (χ0v) is 11.8. The van der Waals surface area contributed by atoms with Gasteiger partial charge in [0.2, 0.25) is 0 Å². The maximum Gasteiger partial charge on any atom is 0.336 e. The molecule has 0 aliphatic heterocycles. The van der Waals surface area contributed by atoms with Crippen molar-refractivity contribution in [2.24, 2.45) is 0 Å². The second kappa shape index (κ2) is 5.79. The summed E-state index contributed by atoms with van der Waals surface area (Å²) in [5.41, 5.74) is 2.42. The van der Waals surface area contributed by atoms with Crippen LogP contribution < -0.4 is 0 Å². The van der Waals surface area contributed by atoms with Crippen LogP contribution in [0.5, 0.6) is 0 Å². The lowest BCUT2D eigenvalue weighted by atomic mass is 9.94. The van der Waals surface area contributed by atoms with Crippen LogP contribution in [0.4, 0.5) is 0 Å². The van der Waals surface area contributed by atoms with Gasteiger partial charge >= 0.3 is 11.9 Å². The van der Waals surface area contributed by atoms with Crippen molar-refractivity contribution in [2.45, 2.75) is 19.8 Å². The zero-order valence-electron chi connectivity index (χ0n) is 11.8. The number of hydrogen-bond acceptors (Lipinski definition) is 2. The molecule has 0 heterocycles. The molecular weight excluding hydrogens is 268 g/mol. The highest BCUT2D eigenvalue weighted by Gasteiger charge is 2.15. The molecule has 0 saturated heterocycles. The maximum atomic E-state index is 11.3. The van der Waals surface area contributed by atoms with Gasteiger partial charge in [0.15, 0.2) is 0 Å². The highest BCUT2D eigenvalue weighted by molar-refractivity contribution is 5.99. The first kappa shape index (κ1) is 14.8. The summed E-state index contributed by atoms with van der Waals surface area (Å²) < 4.78 is 0. The average molecular weight is 284 g/mol. The molecule has 2 rings (SSSR count). The molecule has 0 atom stereocenters. The summed E-state index contributed by atoms with van der Waals surface area (Å²) in [5.74, 6) is -1.77. The number of aromatic carboxylic acids is 2. The Morgan fingerprint density at radius 1 is 0.905 bits per heavy atom. The third-order valence-corrected chi connectivity index (χ3v) is 3.39. The molecule has 2 N–H and O–H groups in total. The van der Waals surface area contributed by atoms with Crippen LogP contribution in [0.2, 0.25) is 0 Å². The fourth-order valence-corrected chi connectivity index (χ4v) is 2.15. The molecule has 4 heteroatoms. The highest BCUT2D eigenvalue weighted by atomic mass is 16.4. The molecular formula is C17H16O4. The predicted molar refractivity (Wildman–Crippen MR) is 79.9 cm³/mol. The Bertz CT molecular complexity index is 684. The lowest BCUT2D eigenvalue weighted by Gasteiger charge is -2.10. The van der Waals surface area contributed by atoms with E-state index < -0.39 is 11.9 Å². The quantitative estimate of drug-likeness (QED) is 0.893. The Morgan fingerprint density at radius 3 is 2.00 bits per heavy atom. The molecule has 2 aromatic rings. The lowest BCUT2D eigenvalue weighted by molar-refractivity contribution is 0.0682. The van der Waals surface area contributed by atoms with Crippen LogP contribution in [0.15, 0.2) is 42.5 Å². The molecule has 0 bridgehead atoms. The van der Waals surface area contributed by atoms with E-state index in [1.807, 2.05) is 24.3 Å². The van der Waals surface area contributed by atoms with E-state index in [1.54, 1.807) is 0 Å². The summed E-state index contributed by atoms with van der Waals surface area (Å²) in [5, 5.41) is 18.3. The smallest absolute Gasteiger partial charge is 0.336 e. The molecule has 0 unspecified atom stereocenters. The Hall–Kier alpha value is -2.62. The molecule has 0 saturated carbocycles. The van der Waals surface area contributed by atoms with Gasteiger partial charge in [0.25, 0.3) is 0 Å². The van der Waals surface area contributed by atoms with Crippen LogP contribution in [-0.2, 0) is 0 Å². The van der Waals surface area contributed by atoms with E-state index in [-0.39, 0.29) is 11.1 Å². The minimum Gasteiger partial charge on any atom is -0.478 e. The minimum absolute atomic E-state index is 0.0722. The molecule has 0 spiro atoms. The van der Waals surface area contributed by atoms with Gasteiger partial charge in [0.1, 0.15) is 0 Å². The predicted octanol–water partition coefficient (Wildman–Crippen LogP) is 3.87. The molecule has 0 radical (unpaired) electrons. The topological polar surface area (TPSA) is 74.6 Å². The second-order valence-electron chi connectivity index (χ2n) is 5.15. The largest absolute Gasteiger partial charge is 0.478 e. The summed E-state index contributed by atoms with van der Waals surface area (Å²) >= 11 is 0. The van der Waals surface area contributed by atoms with Gasteiger partial charge in [-0.2, -0.15) is 0 Å². The third kappa shape index (κ3) is 3.11. The highest BCUT2D eigenvalue weighted by Crippen LogP contribution is 2.27. The second-order valence-corrected chi connectivity index (χ2v) is 5.15. The van der Waals surface area contributed by atoms with Gasteiger partial charge in [-0.15, -0.1) is 0 Å². The Morgan fingerprint density at radius 2 is 1.52 bits per heavy atom. The standard InChI is InChI=1S/C17H16O4/c1-10(2)11-3-5-12(6-4-11)15-9-13(16(18)19)7-8-14(15)17(20)21/h3-10H,1-2H3,(H,18,19)(H,20,21). The van der Waals surface area contributed by atoms with Crippen molar-refractivity contribution in [1.82, 2.24) is 0 Å². The molecule has 21 heavy (non-hydrogen) atoms. The lowest BCUT2D eigenvalue weighted by Crippen LogP contribution is -2.03. The molecule has 4 nitrogen and oxygen atoms in total. The summed E-state index contributed by atoms with van der Waals surface area (Å²) in [4.78, 5) is 22.4. The van der Waals surface area contributed by atoms with E-state index in [4.69, 9.17) is 5.11 Å². The average Bonchev–Trinajstić information content (AvgIpc) is 2.46. The van der Waals surface area contributed by atoms with Crippen molar-refractivity contribution in [3.05, 3.63) is 59.2 Å². The van der Waals surface area contributed by atoms with E-state index in [2.05, 4.69) is 13.8 Å². The fourth-order valence-electron chi connectivity index (χ4n) is 2.15. The van der Waals surface area contributed by atoms with E-state index in [9.17, 15) is 14.7 Å². The van der Waals surface area contributed by atoms with Crippen molar-refractivity contribution in [1.29, 1.82) is 0 Å². The first-order chi connectivity index (χ1) is 9.90. The van der Waals surface area contributed by atoms with Crippen LogP contribution in [0.3, 0.4) is 0 Å². The Kier molecular flexibility index (Phi) is 4.08. The van der Waals surface area contributed by atoms with Gasteiger partial charge in [-0.05, 0) is 40.8 Å². The first-order valence-corrected chi connectivity index (χ1v) is 6.61. The van der Waals surface area contributed by atoms with Crippen LogP contribution in [0, 0.1) is 0 Å². The number of carbonyl (C=O) groups is 2. The monoisotopic (exact) mass is 284 g/mol. The number of hydrogen-bond donors (Lipinski definition) is 2. The van der Waals surface area contributed by atoms with Crippen LogP contribution >= 0.6 is 0 Å². The number of benzene rings is 2. The van der Waals surface area contributed by atoms with Crippen molar-refractivity contribution >= 4 is 11.9 Å². The summed E-state index contributed by atoms with van der Waals surface area (Å²) in [6.45, 7) is 4.14. The van der Waals surface area contributed by atoms with Crippen molar-refractivity contribution in [3.8, 4) is 11.1 Å².